The van der Waals surface area contributed by atoms with E-state index in [4.69, 9.17) is 19.7 Å². The van der Waals surface area contributed by atoms with Crippen molar-refractivity contribution in [1.82, 2.24) is 0 Å². The van der Waals surface area contributed by atoms with Crippen molar-refractivity contribution >= 4 is 17.7 Å². The van der Waals surface area contributed by atoms with Crippen LogP contribution in [0.1, 0.15) is 6.92 Å². The molecule has 0 aliphatic heterocycles. The number of aliphatic hydroxyl groups is 1. The van der Waals surface area contributed by atoms with Crippen LogP contribution in [0.2, 0.25) is 0 Å². The fourth-order valence-corrected chi connectivity index (χ4v) is 0.837. The van der Waals surface area contributed by atoms with Gasteiger partial charge >= 0.3 is 11.9 Å². The molecule has 0 heterocycles. The summed E-state index contributed by atoms with van der Waals surface area (Å²) in [6, 6.07) is 0. The first-order valence-corrected chi connectivity index (χ1v) is 5.64. The number of aliphatic carboxylic acids is 1. The number of ether oxygens (including phenoxy) is 3. The average Bonchev–Trinajstić information content (AvgIpc) is 2.41. The van der Waals surface area contributed by atoms with Crippen LogP contribution in [0.3, 0.4) is 0 Å². The summed E-state index contributed by atoms with van der Waals surface area (Å²) in [5.74, 6) is -2.26. The third-order valence-electron chi connectivity index (χ3n) is 1.71. The maximum absolute atomic E-state index is 10.7. The van der Waals surface area contributed by atoms with Crippen LogP contribution in [-0.4, -0.2) is 67.6 Å². The molecule has 0 aliphatic rings. The van der Waals surface area contributed by atoms with Gasteiger partial charge in [0, 0.05) is 6.08 Å². The van der Waals surface area contributed by atoms with E-state index in [0.717, 1.165) is 13.0 Å². The first-order chi connectivity index (χ1) is 9.40. The Hall–Kier alpha value is -1.77. The molecule has 1 atom stereocenters. The molecule has 0 spiro atoms. The minimum atomic E-state index is -1.42. The third-order valence-corrected chi connectivity index (χ3v) is 1.71. The molecule has 0 amide bonds. The Bertz CT molecular complexity index is 299. The lowest BCUT2D eigenvalue weighted by molar-refractivity contribution is -0.156. The van der Waals surface area contributed by atoms with Gasteiger partial charge in [0.2, 0.25) is 6.10 Å². The lowest BCUT2D eigenvalue weighted by atomic mass is 10.2. The highest BCUT2D eigenvalue weighted by atomic mass is 16.5. The molecule has 0 aliphatic carbocycles. The number of hydrogen-bond acceptors (Lipinski definition) is 7. The standard InChI is InChI=1S/C8H14O6.C4H6O2/c1-6(10)7(8(11)12)14-5-4-13-3-2-9;1-3-4(5)6-2/h7,9H,2-5H2,1H3,(H,11,12);3H,1H2,2H3. The summed E-state index contributed by atoms with van der Waals surface area (Å²) < 4.78 is 13.7. The molecule has 116 valence electrons. The predicted molar refractivity (Wildman–Crippen MR) is 68.2 cm³/mol. The number of carboxylic acid groups (broad SMARTS) is 1. The van der Waals surface area contributed by atoms with E-state index in [9.17, 15) is 14.4 Å². The van der Waals surface area contributed by atoms with Gasteiger partial charge in [-0.05, 0) is 6.92 Å². The molecule has 0 fully saturated rings. The summed E-state index contributed by atoms with van der Waals surface area (Å²) in [4.78, 5) is 31.0. The highest BCUT2D eigenvalue weighted by Crippen LogP contribution is 1.94. The summed E-state index contributed by atoms with van der Waals surface area (Å²) in [5, 5.41) is 16.9. The Morgan fingerprint density at radius 2 is 1.85 bits per heavy atom. The van der Waals surface area contributed by atoms with Crippen molar-refractivity contribution in [2.24, 2.45) is 0 Å². The zero-order chi connectivity index (χ0) is 16.0. The number of carboxylic acids is 1. The molecule has 8 nitrogen and oxygen atoms in total. The van der Waals surface area contributed by atoms with Crippen LogP contribution in [0.5, 0.6) is 0 Å². The van der Waals surface area contributed by atoms with Crippen LogP contribution in [0, 0.1) is 0 Å². The number of aliphatic hydroxyl groups excluding tert-OH is 1. The minimum absolute atomic E-state index is 0.0105. The Labute approximate surface area is 116 Å². The largest absolute Gasteiger partial charge is 0.479 e. The number of carbonyl (C=O) groups is 3. The second-order valence-electron chi connectivity index (χ2n) is 3.26. The Morgan fingerprint density at radius 1 is 1.25 bits per heavy atom. The zero-order valence-corrected chi connectivity index (χ0v) is 11.5. The van der Waals surface area contributed by atoms with Gasteiger partial charge in [-0.1, -0.05) is 6.58 Å². The summed E-state index contributed by atoms with van der Waals surface area (Å²) in [6.07, 6.45) is -0.312. The number of methoxy groups -OCH3 is 1. The summed E-state index contributed by atoms with van der Waals surface area (Å²) >= 11 is 0. The smallest absolute Gasteiger partial charge is 0.340 e. The molecule has 2 N–H and O–H groups in total. The van der Waals surface area contributed by atoms with Crippen LogP contribution >= 0.6 is 0 Å². The van der Waals surface area contributed by atoms with Gasteiger partial charge in [0.1, 0.15) is 0 Å². The molecule has 0 aromatic rings. The predicted octanol–water partition coefficient (Wildman–Crippen LogP) is -0.600. The van der Waals surface area contributed by atoms with E-state index in [0.29, 0.717) is 0 Å². The number of rotatable bonds is 9. The summed E-state index contributed by atoms with van der Waals surface area (Å²) in [6.45, 7) is 4.53. The normalized spacial score (nSPS) is 10.8. The fourth-order valence-electron chi connectivity index (χ4n) is 0.837. The van der Waals surface area contributed by atoms with Crippen molar-refractivity contribution in [1.29, 1.82) is 0 Å². The first kappa shape index (κ1) is 20.5. The number of esters is 1. The van der Waals surface area contributed by atoms with Crippen molar-refractivity contribution in [3.8, 4) is 0 Å². The van der Waals surface area contributed by atoms with Crippen molar-refractivity contribution in [2.45, 2.75) is 13.0 Å². The minimum Gasteiger partial charge on any atom is -0.479 e. The van der Waals surface area contributed by atoms with Gasteiger partial charge in [0.15, 0.2) is 5.78 Å². The molecule has 8 heteroatoms. The van der Waals surface area contributed by atoms with E-state index in [1.807, 2.05) is 0 Å². The number of ketones is 1. The molecule has 0 radical (unpaired) electrons. The second-order valence-corrected chi connectivity index (χ2v) is 3.26. The number of hydrogen-bond donors (Lipinski definition) is 2. The van der Waals surface area contributed by atoms with Gasteiger partial charge in [-0.25, -0.2) is 9.59 Å². The van der Waals surface area contributed by atoms with Crippen LogP contribution in [0.4, 0.5) is 0 Å². The van der Waals surface area contributed by atoms with Gasteiger partial charge in [-0.2, -0.15) is 0 Å². The van der Waals surface area contributed by atoms with Crippen molar-refractivity contribution in [2.75, 3.05) is 33.5 Å². The van der Waals surface area contributed by atoms with Crippen molar-refractivity contribution in [3.63, 3.8) is 0 Å². The van der Waals surface area contributed by atoms with Crippen LogP contribution in [0.25, 0.3) is 0 Å². The zero-order valence-electron chi connectivity index (χ0n) is 11.5. The topological polar surface area (TPSA) is 119 Å². The molecule has 0 aromatic heterocycles. The number of carbonyl (C=O) groups excluding carboxylic acids is 2. The van der Waals surface area contributed by atoms with Gasteiger partial charge in [-0.3, -0.25) is 4.79 Å². The van der Waals surface area contributed by atoms with Gasteiger partial charge in [0.05, 0.1) is 33.5 Å². The van der Waals surface area contributed by atoms with Gasteiger partial charge < -0.3 is 24.4 Å². The molecular formula is C12H20O8. The molecule has 0 rings (SSSR count). The van der Waals surface area contributed by atoms with Crippen LogP contribution in [0.15, 0.2) is 12.7 Å². The van der Waals surface area contributed by atoms with Crippen molar-refractivity contribution < 1.29 is 38.8 Å². The van der Waals surface area contributed by atoms with E-state index in [1.165, 1.54) is 7.11 Å². The van der Waals surface area contributed by atoms with E-state index in [1.54, 1.807) is 0 Å². The van der Waals surface area contributed by atoms with E-state index >= 15 is 0 Å². The maximum Gasteiger partial charge on any atom is 0.340 e. The van der Waals surface area contributed by atoms with E-state index < -0.39 is 23.8 Å². The van der Waals surface area contributed by atoms with Gasteiger partial charge in [-0.15, -0.1) is 0 Å². The maximum atomic E-state index is 10.7. The first-order valence-electron chi connectivity index (χ1n) is 5.64. The molecule has 20 heavy (non-hydrogen) atoms. The van der Waals surface area contributed by atoms with E-state index in [-0.39, 0.29) is 26.4 Å². The molecule has 1 unspecified atom stereocenters. The fraction of sp³-hybridized carbons (Fsp3) is 0.583. The quantitative estimate of drug-likeness (QED) is 0.250. The molecule has 0 bridgehead atoms. The third kappa shape index (κ3) is 12.7. The molecule has 0 saturated heterocycles. The van der Waals surface area contributed by atoms with Crippen LogP contribution in [-0.2, 0) is 28.6 Å². The Balaban J connectivity index is 0. The second kappa shape index (κ2) is 13.7. The lowest BCUT2D eigenvalue weighted by Gasteiger charge is -2.09. The summed E-state index contributed by atoms with van der Waals surface area (Å²) in [7, 11) is 1.31. The van der Waals surface area contributed by atoms with Crippen LogP contribution < -0.4 is 0 Å². The molecule has 0 aromatic carbocycles. The Kier molecular flexibility index (Phi) is 14.0. The highest BCUT2D eigenvalue weighted by molar-refractivity contribution is 5.99. The number of Topliss-reactive ketones (excluding diaryl/α,β-unsaturated/α-hetero) is 1. The van der Waals surface area contributed by atoms with Crippen molar-refractivity contribution in [3.05, 3.63) is 12.7 Å². The highest BCUT2D eigenvalue weighted by Gasteiger charge is 2.22. The Morgan fingerprint density at radius 3 is 2.15 bits per heavy atom. The summed E-state index contributed by atoms with van der Waals surface area (Å²) in [5.41, 5.74) is 0. The molecular weight excluding hydrogens is 272 g/mol. The average molecular weight is 292 g/mol. The lowest BCUT2D eigenvalue weighted by Crippen LogP contribution is -2.32. The van der Waals surface area contributed by atoms with Gasteiger partial charge in [0.25, 0.3) is 0 Å². The monoisotopic (exact) mass is 292 g/mol. The molecule has 0 saturated carbocycles. The van der Waals surface area contributed by atoms with E-state index in [2.05, 4.69) is 11.3 Å². The SMILES string of the molecule is C=CC(=O)OC.CC(=O)C(OCCOCCO)C(=O)O.